The van der Waals surface area contributed by atoms with Crippen LogP contribution in [0.3, 0.4) is 0 Å². The van der Waals surface area contributed by atoms with Crippen LogP contribution in [0, 0.1) is 0 Å². The normalized spacial score (nSPS) is 11.8. The Bertz CT molecular complexity index is 818. The number of nitrogens with zero attached hydrogens (tertiary/aromatic N) is 2. The van der Waals surface area contributed by atoms with Crippen molar-refractivity contribution in [2.45, 2.75) is 13.5 Å². The number of hydrogen-bond acceptors (Lipinski definition) is 0. The molecular formula is C17H19IN2. The standard InChI is InChI=1S/C17H19N2.HI/c1-4-19-15(11-12-18(2)3)14-9-5-7-13-8-6-10-16(19)17(13)14;/h5-12H,4H2,1-3H3;1H/q+1;/p-1. The van der Waals surface area contributed by atoms with Gasteiger partial charge in [-0.15, -0.1) is 0 Å². The minimum Gasteiger partial charge on any atom is -1.00 e. The quantitative estimate of drug-likeness (QED) is 0.328. The molecule has 0 aliphatic carbocycles. The van der Waals surface area contributed by atoms with E-state index >= 15 is 0 Å². The molecule has 0 saturated carbocycles. The molecule has 1 heterocycles. The van der Waals surface area contributed by atoms with Crippen molar-refractivity contribution in [3.05, 3.63) is 41.7 Å². The van der Waals surface area contributed by atoms with Gasteiger partial charge in [-0.1, -0.05) is 30.3 Å². The van der Waals surface area contributed by atoms with Gasteiger partial charge in [-0.2, -0.15) is 0 Å². The van der Waals surface area contributed by atoms with Crippen LogP contribution in [0.1, 0.15) is 6.92 Å². The molecule has 2 nitrogen and oxygen atoms in total. The highest BCUT2D eigenvalue weighted by molar-refractivity contribution is 6.11. The van der Waals surface area contributed by atoms with Gasteiger partial charge in [0.05, 0.1) is 5.35 Å². The molecule has 104 valence electrons. The lowest BCUT2D eigenvalue weighted by Crippen LogP contribution is -3.00. The van der Waals surface area contributed by atoms with Crippen LogP contribution in [-0.2, 0) is 6.54 Å². The molecule has 0 N–H and O–H groups in total. The molecule has 0 atom stereocenters. The monoisotopic (exact) mass is 378 g/mol. The van der Waals surface area contributed by atoms with Crippen molar-refractivity contribution in [1.82, 2.24) is 4.57 Å². The Hall–Kier alpha value is -1.36. The molecule has 3 rings (SSSR count). The molecule has 0 radical (unpaired) electrons. The summed E-state index contributed by atoms with van der Waals surface area (Å²) in [6, 6.07) is 13.1. The van der Waals surface area contributed by atoms with E-state index in [0.29, 0.717) is 0 Å². The lowest BCUT2D eigenvalue weighted by molar-refractivity contribution is -0.457. The molecule has 0 spiro atoms. The number of hydrogen-bond donors (Lipinski definition) is 0. The average Bonchev–Trinajstić information content (AvgIpc) is 2.72. The lowest BCUT2D eigenvalue weighted by atomic mass is 10.1. The van der Waals surface area contributed by atoms with Crippen LogP contribution in [0.2, 0.25) is 0 Å². The second-order valence-corrected chi connectivity index (χ2v) is 5.09. The highest BCUT2D eigenvalue weighted by atomic mass is 127. The van der Waals surface area contributed by atoms with E-state index in [9.17, 15) is 0 Å². The van der Waals surface area contributed by atoms with E-state index in [4.69, 9.17) is 0 Å². The first-order valence-corrected chi connectivity index (χ1v) is 6.73. The first kappa shape index (κ1) is 15.0. The van der Waals surface area contributed by atoms with Crippen molar-refractivity contribution in [3.8, 4) is 0 Å². The Morgan fingerprint density at radius 3 is 2.45 bits per heavy atom. The zero-order chi connectivity index (χ0) is 13.4. The van der Waals surface area contributed by atoms with Gasteiger partial charge in [-0.3, -0.25) is 0 Å². The van der Waals surface area contributed by atoms with E-state index < -0.39 is 0 Å². The van der Waals surface area contributed by atoms with Crippen LogP contribution >= 0.6 is 0 Å². The Kier molecular flexibility index (Phi) is 4.48. The van der Waals surface area contributed by atoms with Crippen molar-refractivity contribution < 1.29 is 28.6 Å². The van der Waals surface area contributed by atoms with E-state index in [1.807, 2.05) is 0 Å². The van der Waals surface area contributed by atoms with Crippen molar-refractivity contribution in [1.29, 1.82) is 0 Å². The molecule has 0 unspecified atom stereocenters. The number of aryl methyl sites for hydroxylation is 1. The fourth-order valence-corrected chi connectivity index (χ4v) is 2.77. The van der Waals surface area contributed by atoms with Crippen LogP contribution in [-0.4, -0.2) is 29.5 Å². The van der Waals surface area contributed by atoms with Crippen molar-refractivity contribution in [2.24, 2.45) is 0 Å². The van der Waals surface area contributed by atoms with Crippen LogP contribution in [0.5, 0.6) is 0 Å². The van der Waals surface area contributed by atoms with Gasteiger partial charge in [0.25, 0.3) is 0 Å². The first-order chi connectivity index (χ1) is 9.22. The summed E-state index contributed by atoms with van der Waals surface area (Å²) in [5.41, 5.74) is 1.33. The van der Waals surface area contributed by atoms with Gasteiger partial charge < -0.3 is 28.5 Å². The van der Waals surface area contributed by atoms with E-state index in [0.717, 1.165) is 6.54 Å². The third kappa shape index (κ3) is 2.35. The van der Waals surface area contributed by atoms with Crippen molar-refractivity contribution >= 4 is 34.0 Å². The zero-order valence-electron chi connectivity index (χ0n) is 12.1. The summed E-state index contributed by atoms with van der Waals surface area (Å²) in [5, 5.41) is 5.34. The Balaban J connectivity index is 0.00000147. The SMILES string of the molecule is CCn1c(=CC=[N+](C)C)c2cccc3cccc1c32.[I-]. The minimum absolute atomic E-state index is 0. The summed E-state index contributed by atoms with van der Waals surface area (Å²) in [4.78, 5) is 0. The fraction of sp³-hybridized carbons (Fsp3) is 0.235. The van der Waals surface area contributed by atoms with Gasteiger partial charge in [0.1, 0.15) is 14.1 Å². The number of aromatic nitrogens is 1. The predicted molar refractivity (Wildman–Crippen MR) is 83.0 cm³/mol. The maximum Gasteiger partial charge on any atom is 0.165 e. The predicted octanol–water partition coefficient (Wildman–Crippen LogP) is -0.339. The van der Waals surface area contributed by atoms with Gasteiger partial charge in [-0.05, 0) is 18.4 Å². The maximum absolute atomic E-state index is 2.39. The highest BCUT2D eigenvalue weighted by Gasteiger charge is 2.09. The van der Waals surface area contributed by atoms with E-state index in [-0.39, 0.29) is 24.0 Å². The molecule has 0 bridgehead atoms. The van der Waals surface area contributed by atoms with Crippen LogP contribution in [0.15, 0.2) is 36.4 Å². The molecule has 20 heavy (non-hydrogen) atoms. The third-order valence-electron chi connectivity index (χ3n) is 3.59. The van der Waals surface area contributed by atoms with Crippen LogP contribution in [0.4, 0.5) is 0 Å². The third-order valence-corrected chi connectivity index (χ3v) is 3.59. The molecule has 3 heteroatoms. The maximum atomic E-state index is 2.39. The Morgan fingerprint density at radius 2 is 1.80 bits per heavy atom. The average molecular weight is 378 g/mol. The molecule has 3 aromatic rings. The van der Waals surface area contributed by atoms with Crippen molar-refractivity contribution in [2.75, 3.05) is 14.1 Å². The van der Waals surface area contributed by atoms with E-state index in [1.165, 1.54) is 27.0 Å². The second-order valence-electron chi connectivity index (χ2n) is 5.09. The lowest BCUT2D eigenvalue weighted by Gasteiger charge is -2.01. The van der Waals surface area contributed by atoms with E-state index in [2.05, 4.69) is 78.9 Å². The molecule has 0 saturated heterocycles. The largest absolute Gasteiger partial charge is 1.00 e. The zero-order valence-corrected chi connectivity index (χ0v) is 14.3. The van der Waals surface area contributed by atoms with Gasteiger partial charge in [-0.25, -0.2) is 4.58 Å². The van der Waals surface area contributed by atoms with Gasteiger partial charge in [0.2, 0.25) is 0 Å². The van der Waals surface area contributed by atoms with Crippen molar-refractivity contribution in [3.63, 3.8) is 0 Å². The molecule has 0 aliphatic rings. The van der Waals surface area contributed by atoms with Gasteiger partial charge >= 0.3 is 0 Å². The highest BCUT2D eigenvalue weighted by Crippen LogP contribution is 2.25. The second kappa shape index (κ2) is 5.95. The molecule has 0 fully saturated rings. The Morgan fingerprint density at radius 1 is 1.10 bits per heavy atom. The summed E-state index contributed by atoms with van der Waals surface area (Å²) in [5.74, 6) is 0. The van der Waals surface area contributed by atoms with E-state index in [1.54, 1.807) is 0 Å². The van der Waals surface area contributed by atoms with Crippen LogP contribution < -0.4 is 29.3 Å². The Labute approximate surface area is 136 Å². The summed E-state index contributed by atoms with van der Waals surface area (Å²) < 4.78 is 4.46. The minimum atomic E-state index is 0. The number of halogens is 1. The first-order valence-electron chi connectivity index (χ1n) is 6.73. The number of benzene rings is 2. The van der Waals surface area contributed by atoms with Gasteiger partial charge in [0.15, 0.2) is 6.21 Å². The topological polar surface area (TPSA) is 7.94 Å². The smallest absolute Gasteiger partial charge is 0.165 e. The molecular weight excluding hydrogens is 359 g/mol. The molecule has 1 aromatic heterocycles. The summed E-state index contributed by atoms with van der Waals surface area (Å²) >= 11 is 0. The fourth-order valence-electron chi connectivity index (χ4n) is 2.77. The van der Waals surface area contributed by atoms with Gasteiger partial charge in [0, 0.05) is 28.9 Å². The number of rotatable bonds is 2. The summed E-state index contributed by atoms with van der Waals surface area (Å²) in [6.07, 6.45) is 4.32. The molecule has 0 aliphatic heterocycles. The molecule has 0 amide bonds. The summed E-state index contributed by atoms with van der Waals surface area (Å²) in [7, 11) is 4.10. The van der Waals surface area contributed by atoms with Crippen LogP contribution in [0.25, 0.3) is 27.8 Å². The summed E-state index contributed by atoms with van der Waals surface area (Å²) in [6.45, 7) is 3.19. The molecule has 2 aromatic carbocycles.